The minimum atomic E-state index is -4.23. The van der Waals surface area contributed by atoms with Gasteiger partial charge in [-0.2, -0.15) is 0 Å². The zero-order valence-electron chi connectivity index (χ0n) is 26.6. The van der Waals surface area contributed by atoms with Crippen LogP contribution in [0.3, 0.4) is 0 Å². The Balaban J connectivity index is 1.49. The number of benzene rings is 4. The summed E-state index contributed by atoms with van der Waals surface area (Å²) in [6.07, 6.45) is 4.12. The second kappa shape index (κ2) is 15.3. The number of carbonyl (C=O) groups excluding carboxylic acids is 2. The third kappa shape index (κ3) is 8.56. The maximum atomic E-state index is 14.3. The van der Waals surface area contributed by atoms with Crippen molar-refractivity contribution in [1.29, 1.82) is 0 Å². The SMILES string of the molecule is CC[C@@H](C(=O)NC1CCCC1)N(Cc1ccc(F)cc1)C(=O)CN(c1ccc(Oc2ccccc2)cc1)S(=O)(=O)c1ccc(C)cc1. The number of hydrogen-bond acceptors (Lipinski definition) is 5. The number of carbonyl (C=O) groups is 2. The van der Waals surface area contributed by atoms with Crippen LogP contribution in [0.5, 0.6) is 11.5 Å². The molecule has 0 aromatic heterocycles. The Hall–Kier alpha value is -4.70. The highest BCUT2D eigenvalue weighted by Crippen LogP contribution is 2.29. The van der Waals surface area contributed by atoms with E-state index < -0.39 is 34.3 Å². The van der Waals surface area contributed by atoms with E-state index in [1.54, 1.807) is 48.5 Å². The van der Waals surface area contributed by atoms with Gasteiger partial charge >= 0.3 is 0 Å². The Morgan fingerprint density at radius 3 is 2.11 bits per heavy atom. The molecule has 0 heterocycles. The molecule has 5 rings (SSSR count). The molecule has 1 aliphatic rings. The lowest BCUT2D eigenvalue weighted by Gasteiger charge is -2.33. The van der Waals surface area contributed by atoms with E-state index in [1.807, 2.05) is 44.2 Å². The minimum absolute atomic E-state index is 0.00200. The van der Waals surface area contributed by atoms with E-state index in [-0.39, 0.29) is 29.1 Å². The molecule has 0 spiro atoms. The van der Waals surface area contributed by atoms with Crippen LogP contribution in [0.2, 0.25) is 0 Å². The zero-order chi connectivity index (χ0) is 33.4. The highest BCUT2D eigenvalue weighted by molar-refractivity contribution is 7.92. The van der Waals surface area contributed by atoms with Crippen molar-refractivity contribution in [3.8, 4) is 11.5 Å². The van der Waals surface area contributed by atoms with Crippen molar-refractivity contribution in [2.24, 2.45) is 0 Å². The molecule has 0 radical (unpaired) electrons. The minimum Gasteiger partial charge on any atom is -0.457 e. The maximum Gasteiger partial charge on any atom is 0.264 e. The number of para-hydroxylation sites is 1. The highest BCUT2D eigenvalue weighted by atomic mass is 32.2. The molecule has 0 saturated heterocycles. The van der Waals surface area contributed by atoms with Crippen LogP contribution in [0.4, 0.5) is 10.1 Å². The van der Waals surface area contributed by atoms with Gasteiger partial charge in [-0.3, -0.25) is 13.9 Å². The number of rotatable bonds is 13. The molecule has 246 valence electrons. The molecule has 1 aliphatic carbocycles. The molecule has 8 nitrogen and oxygen atoms in total. The fourth-order valence-electron chi connectivity index (χ4n) is 5.74. The number of amides is 2. The summed E-state index contributed by atoms with van der Waals surface area (Å²) >= 11 is 0. The van der Waals surface area contributed by atoms with Crippen molar-refractivity contribution in [2.45, 2.75) is 69.5 Å². The van der Waals surface area contributed by atoms with Gasteiger partial charge in [0.15, 0.2) is 0 Å². The molecular weight excluding hydrogens is 617 g/mol. The average molecular weight is 658 g/mol. The first-order valence-electron chi connectivity index (χ1n) is 15.9. The Morgan fingerprint density at radius 2 is 1.49 bits per heavy atom. The monoisotopic (exact) mass is 657 g/mol. The van der Waals surface area contributed by atoms with Crippen molar-refractivity contribution in [3.63, 3.8) is 0 Å². The fraction of sp³-hybridized carbons (Fsp3) is 0.297. The van der Waals surface area contributed by atoms with E-state index in [0.29, 0.717) is 23.5 Å². The molecule has 1 fully saturated rings. The first kappa shape index (κ1) is 33.7. The van der Waals surface area contributed by atoms with Gasteiger partial charge in [-0.15, -0.1) is 0 Å². The molecule has 0 aliphatic heterocycles. The average Bonchev–Trinajstić information content (AvgIpc) is 3.58. The van der Waals surface area contributed by atoms with Gasteiger partial charge in [-0.25, -0.2) is 12.8 Å². The van der Waals surface area contributed by atoms with Crippen LogP contribution in [-0.4, -0.2) is 43.8 Å². The summed E-state index contributed by atoms with van der Waals surface area (Å²) in [6, 6.07) is 27.0. The van der Waals surface area contributed by atoms with Gasteiger partial charge in [-0.05, 0) is 92.4 Å². The Bertz CT molecular complexity index is 1740. The number of anilines is 1. The predicted molar refractivity (Wildman–Crippen MR) is 180 cm³/mol. The topological polar surface area (TPSA) is 96.0 Å². The van der Waals surface area contributed by atoms with E-state index in [0.717, 1.165) is 35.6 Å². The summed E-state index contributed by atoms with van der Waals surface area (Å²) in [4.78, 5) is 29.4. The summed E-state index contributed by atoms with van der Waals surface area (Å²) in [7, 11) is -4.23. The normalized spacial score (nSPS) is 13.9. The van der Waals surface area contributed by atoms with Gasteiger partial charge in [0.05, 0.1) is 10.6 Å². The summed E-state index contributed by atoms with van der Waals surface area (Å²) in [5, 5.41) is 3.09. The molecule has 4 aromatic carbocycles. The molecule has 1 saturated carbocycles. The van der Waals surface area contributed by atoms with Gasteiger partial charge in [0, 0.05) is 12.6 Å². The molecule has 0 bridgehead atoms. The summed E-state index contributed by atoms with van der Waals surface area (Å²) in [6.45, 7) is 3.11. The molecule has 1 N–H and O–H groups in total. The third-order valence-electron chi connectivity index (χ3n) is 8.35. The quantitative estimate of drug-likeness (QED) is 0.167. The smallest absolute Gasteiger partial charge is 0.264 e. The Morgan fingerprint density at radius 1 is 0.872 bits per heavy atom. The zero-order valence-corrected chi connectivity index (χ0v) is 27.5. The van der Waals surface area contributed by atoms with Gasteiger partial charge in [0.25, 0.3) is 10.0 Å². The third-order valence-corrected chi connectivity index (χ3v) is 10.1. The lowest BCUT2D eigenvalue weighted by molar-refractivity contribution is -0.140. The van der Waals surface area contributed by atoms with Crippen LogP contribution in [0.25, 0.3) is 0 Å². The number of nitrogens with zero attached hydrogens (tertiary/aromatic N) is 2. The predicted octanol–water partition coefficient (Wildman–Crippen LogP) is 6.99. The molecule has 10 heteroatoms. The van der Waals surface area contributed by atoms with Crippen LogP contribution < -0.4 is 14.4 Å². The largest absolute Gasteiger partial charge is 0.457 e. The number of halogens is 1. The standard InChI is InChI=1S/C37H40FN3O5S/c1-3-35(37(43)39-30-9-7-8-10-30)40(25-28-15-17-29(38)18-16-28)36(42)26-41(47(44,45)34-23-13-27(2)14-24-34)31-19-21-33(22-20-31)46-32-11-5-4-6-12-32/h4-6,11-24,30,35H,3,7-10,25-26H2,1-2H3,(H,39,43)/t35-/m0/s1. The van der Waals surface area contributed by atoms with Crippen molar-refractivity contribution < 1.29 is 27.1 Å². The van der Waals surface area contributed by atoms with Crippen molar-refractivity contribution in [1.82, 2.24) is 10.2 Å². The number of nitrogens with one attached hydrogen (secondary N) is 1. The number of sulfonamides is 1. The molecular formula is C37H40FN3O5S. The lowest BCUT2D eigenvalue weighted by atomic mass is 10.1. The Labute approximate surface area is 276 Å². The second-order valence-electron chi connectivity index (χ2n) is 11.8. The van der Waals surface area contributed by atoms with Crippen molar-refractivity contribution in [3.05, 3.63) is 120 Å². The van der Waals surface area contributed by atoms with E-state index in [2.05, 4.69) is 5.32 Å². The molecule has 1 atom stereocenters. The maximum absolute atomic E-state index is 14.3. The van der Waals surface area contributed by atoms with Crippen LogP contribution in [0, 0.1) is 12.7 Å². The van der Waals surface area contributed by atoms with Crippen LogP contribution in [0.1, 0.15) is 50.2 Å². The first-order chi connectivity index (χ1) is 22.6. The lowest BCUT2D eigenvalue weighted by Crippen LogP contribution is -2.53. The molecule has 4 aromatic rings. The summed E-state index contributed by atoms with van der Waals surface area (Å²) in [5.74, 6) is -0.162. The van der Waals surface area contributed by atoms with E-state index >= 15 is 0 Å². The van der Waals surface area contributed by atoms with Crippen molar-refractivity contribution in [2.75, 3.05) is 10.8 Å². The number of hydrogen-bond donors (Lipinski definition) is 1. The summed E-state index contributed by atoms with van der Waals surface area (Å²) < 4.78 is 49.1. The van der Waals surface area contributed by atoms with E-state index in [1.165, 1.54) is 29.2 Å². The number of aryl methyl sites for hydroxylation is 1. The van der Waals surface area contributed by atoms with Gasteiger partial charge < -0.3 is 15.0 Å². The Kier molecular flexibility index (Phi) is 10.9. The van der Waals surface area contributed by atoms with Crippen LogP contribution in [-0.2, 0) is 26.2 Å². The fourth-order valence-corrected chi connectivity index (χ4v) is 7.16. The molecule has 0 unspecified atom stereocenters. The van der Waals surface area contributed by atoms with E-state index in [9.17, 15) is 22.4 Å². The summed E-state index contributed by atoms with van der Waals surface area (Å²) in [5.41, 5.74) is 1.75. The molecule has 2 amide bonds. The number of ether oxygens (including phenoxy) is 1. The van der Waals surface area contributed by atoms with Gasteiger partial charge in [-0.1, -0.05) is 67.8 Å². The second-order valence-corrected chi connectivity index (χ2v) is 13.7. The van der Waals surface area contributed by atoms with Crippen molar-refractivity contribution >= 4 is 27.5 Å². The first-order valence-corrected chi connectivity index (χ1v) is 17.3. The van der Waals surface area contributed by atoms with Crippen LogP contribution in [0.15, 0.2) is 108 Å². The molecule has 47 heavy (non-hydrogen) atoms. The van der Waals surface area contributed by atoms with E-state index in [4.69, 9.17) is 4.74 Å². The van der Waals surface area contributed by atoms with Gasteiger partial charge in [0.1, 0.15) is 29.9 Å². The van der Waals surface area contributed by atoms with Crippen LogP contribution >= 0.6 is 0 Å². The van der Waals surface area contributed by atoms with Gasteiger partial charge in [0.2, 0.25) is 11.8 Å². The highest BCUT2D eigenvalue weighted by Gasteiger charge is 2.34.